The van der Waals surface area contributed by atoms with E-state index in [1.54, 1.807) is 30.8 Å². The molecule has 18 nitrogen and oxygen atoms in total. The number of amides is 3. The number of carbonyl (C=O) groups excluding carboxylic acids is 3. The molecule has 4 aromatic carbocycles. The van der Waals surface area contributed by atoms with E-state index in [2.05, 4.69) is 103 Å². The average Bonchev–Trinajstić information content (AvgIpc) is 1.63. The maximum absolute atomic E-state index is 13.5. The minimum atomic E-state index is -0.464. The zero-order valence-electron chi connectivity index (χ0n) is 59.7. The van der Waals surface area contributed by atoms with E-state index >= 15 is 0 Å². The predicted octanol–water partition coefficient (Wildman–Crippen LogP) is 19.4. The Morgan fingerprint density at radius 2 is 1.07 bits per heavy atom. The molecule has 6 aromatic heterocycles. The number of benzene rings is 4. The van der Waals surface area contributed by atoms with E-state index in [1.165, 1.54) is 11.3 Å². The van der Waals surface area contributed by atoms with Gasteiger partial charge in [0, 0.05) is 158 Å². The molecule has 0 bridgehead atoms. The van der Waals surface area contributed by atoms with Gasteiger partial charge in [-0.15, -0.1) is 0 Å². The van der Waals surface area contributed by atoms with Crippen molar-refractivity contribution in [2.45, 2.75) is 149 Å². The molecule has 1 fully saturated rings. The molecule has 25 heteroatoms. The molecule has 1 saturated heterocycles. The number of aromatic amines is 1. The van der Waals surface area contributed by atoms with Crippen LogP contribution in [0.1, 0.15) is 156 Å². The lowest BCUT2D eigenvalue weighted by Crippen LogP contribution is -2.43. The van der Waals surface area contributed by atoms with Crippen LogP contribution >= 0.6 is 78.3 Å². The fourth-order valence-corrected chi connectivity index (χ4v) is 15.4. The summed E-state index contributed by atoms with van der Waals surface area (Å²) in [5.74, 6) is 1.27. The number of rotatable bonds is 19. The van der Waals surface area contributed by atoms with E-state index in [0.717, 1.165) is 140 Å². The zero-order valence-corrected chi connectivity index (χ0v) is 65.9. The first-order valence-corrected chi connectivity index (χ1v) is 38.2. The van der Waals surface area contributed by atoms with Gasteiger partial charge in [-0.1, -0.05) is 123 Å². The molecule has 4 atom stereocenters. The van der Waals surface area contributed by atoms with E-state index in [1.807, 2.05) is 190 Å². The van der Waals surface area contributed by atoms with E-state index < -0.39 is 18.3 Å². The van der Waals surface area contributed by atoms with Crippen molar-refractivity contribution < 1.29 is 23.7 Å². The number of H-pyrrole nitrogens is 1. The molecule has 540 valence electrons. The molecule has 0 spiro atoms. The molecular formula is C78H88BBr2Cl4N13O5. The number of carbonyl (C=O) groups is 3. The van der Waals surface area contributed by atoms with E-state index in [0.29, 0.717) is 40.1 Å². The normalized spacial score (nSPS) is 16.3. The van der Waals surface area contributed by atoms with Gasteiger partial charge >= 0.3 is 25.2 Å². The van der Waals surface area contributed by atoms with Crippen LogP contribution in [0.4, 0.5) is 26.1 Å². The van der Waals surface area contributed by atoms with Gasteiger partial charge in [0.1, 0.15) is 5.82 Å². The summed E-state index contributed by atoms with van der Waals surface area (Å²) in [6, 6.07) is 41.9. The largest absolute Gasteiger partial charge is 0.496 e. The number of hydrogen-bond acceptors (Lipinski definition) is 10. The lowest BCUT2D eigenvalue weighted by molar-refractivity contribution is 0.00578. The highest BCUT2D eigenvalue weighted by Crippen LogP contribution is 2.39. The first kappa shape index (κ1) is 76.7. The third-order valence-electron chi connectivity index (χ3n) is 19.8. The smallest absolute Gasteiger partial charge is 0.399 e. The van der Waals surface area contributed by atoms with Gasteiger partial charge in [-0.3, -0.25) is 18.4 Å². The van der Waals surface area contributed by atoms with Crippen LogP contribution in [0, 0.1) is 6.92 Å². The molecule has 4 aliphatic rings. The second-order valence-corrected chi connectivity index (χ2v) is 30.8. The molecule has 14 rings (SSSR count). The Morgan fingerprint density at radius 3 is 1.53 bits per heavy atom. The molecule has 0 unspecified atom stereocenters. The van der Waals surface area contributed by atoms with Gasteiger partial charge in [-0.05, 0) is 199 Å². The number of anilines is 2. The van der Waals surface area contributed by atoms with E-state index in [-0.39, 0.29) is 36.2 Å². The zero-order chi connectivity index (χ0) is 73.4. The van der Waals surface area contributed by atoms with Gasteiger partial charge in [0.05, 0.1) is 41.2 Å². The van der Waals surface area contributed by atoms with E-state index in [9.17, 15) is 14.4 Å². The van der Waals surface area contributed by atoms with Crippen LogP contribution in [0.5, 0.6) is 0 Å². The highest BCUT2D eigenvalue weighted by molar-refractivity contribution is 9.10. The van der Waals surface area contributed by atoms with Gasteiger partial charge in [-0.25, -0.2) is 24.4 Å². The van der Waals surface area contributed by atoms with Gasteiger partial charge in [0.2, 0.25) is 5.95 Å². The van der Waals surface area contributed by atoms with Crippen molar-refractivity contribution in [3.05, 3.63) is 244 Å². The van der Waals surface area contributed by atoms with Crippen molar-refractivity contribution in [3.63, 3.8) is 0 Å². The van der Waals surface area contributed by atoms with Crippen molar-refractivity contribution in [2.75, 3.05) is 31.5 Å². The van der Waals surface area contributed by atoms with Crippen LogP contribution in [-0.4, -0.2) is 116 Å². The lowest BCUT2D eigenvalue weighted by atomic mass is 9.81. The summed E-state index contributed by atoms with van der Waals surface area (Å²) in [5.41, 5.74) is 11.4. The number of nitrogens with zero attached hydrogens (tertiary/aromatic N) is 10. The monoisotopic (exact) mass is 1600 g/mol. The number of nitrogens with one attached hydrogen (secondary N) is 3. The summed E-state index contributed by atoms with van der Waals surface area (Å²) in [4.78, 5) is 57.8. The Bertz CT molecular complexity index is 4610. The number of aromatic nitrogens is 8. The summed E-state index contributed by atoms with van der Waals surface area (Å²) in [7, 11) is 1.39. The van der Waals surface area contributed by atoms with Crippen LogP contribution in [0.15, 0.2) is 174 Å². The number of fused-ring (bicyclic) bond motifs is 3. The Labute approximate surface area is 641 Å². The Hall–Kier alpha value is -7.44. The molecule has 3 amide bonds. The Morgan fingerprint density at radius 1 is 0.592 bits per heavy atom. The quantitative estimate of drug-likeness (QED) is 0.0660. The third-order valence-corrected chi connectivity index (χ3v) is 21.7. The minimum absolute atomic E-state index is 0.00273. The Balaban J connectivity index is 0.000000141. The van der Waals surface area contributed by atoms with Crippen LogP contribution < -0.4 is 16.1 Å². The standard InChI is InChI=1S/C25H26ClN7O.C22H28BClN2O3.C16H16BrClN2O.C15H18BrClN2/c1-4-21(17-6-5-7-19(26)12-17)32-11-9-20-13-18(15-33(20)25(32)34)23-16(2)14-27-24(30-23)29-22-8-10-28-31(22)3;1-6-19(15-8-7-9-17(24)12-15)25-11-10-18-13-16(14-26(18)20(25)27)23-28-21(2,3)22(4,5)29-23;1-2-15(11-4-3-5-13(18)8-11)19-7-6-14-9-12(17)10-20(14)16(19)21;1-2-15(11-4-3-5-13(17)8-11)18-7-6-14-9-12(16)10-19-14/h5-8,10,12-15,21H,4,9,11H2,1-3H3,(H,27,29,30);7-9,12-14,19H,6,10-11H2,1-5H3;3-5,8-10,15H,2,6-7H2,1H3;3-5,8-10,15,18-19H,2,6-7H2,1H3/t21-;19-;2*15-/m1111/s1. The maximum Gasteiger partial charge on any atom is 0.496 e. The van der Waals surface area contributed by atoms with Gasteiger partial charge in [0.15, 0.2) is 0 Å². The molecule has 10 heterocycles. The van der Waals surface area contributed by atoms with Crippen LogP contribution in [0.3, 0.4) is 0 Å². The van der Waals surface area contributed by atoms with Crippen LogP contribution in [-0.2, 0) is 42.0 Å². The average molecular weight is 1600 g/mol. The van der Waals surface area contributed by atoms with Crippen molar-refractivity contribution in [2.24, 2.45) is 7.05 Å². The van der Waals surface area contributed by atoms with Crippen molar-refractivity contribution in [3.8, 4) is 11.3 Å². The van der Waals surface area contributed by atoms with Crippen molar-refractivity contribution >= 4 is 121 Å². The number of hydrogen-bond donors (Lipinski definition) is 3. The van der Waals surface area contributed by atoms with Crippen molar-refractivity contribution in [1.29, 1.82) is 0 Å². The summed E-state index contributed by atoms with van der Waals surface area (Å²) >= 11 is 31.4. The predicted molar refractivity (Wildman–Crippen MR) is 421 cm³/mol. The SMILES string of the molecule is CC[C@@H](NCCc1cc(Br)c[nH]1)c1cccc(Cl)c1.CC[C@H](c1cccc(Cl)c1)N1CCc2cc(-c3nc(Nc4ccnn4C)ncc3C)cn2C1=O.CC[C@H](c1cccc(Cl)c1)N1CCc2cc(B3OC(C)(C)C(C)(C)O3)cn2C1=O.CC[C@H](c1cccc(Cl)c1)N1CCc2cc(Br)cn2C1=O. The second-order valence-electron chi connectivity index (χ2n) is 27.2. The number of aryl methyl sites for hydroxylation is 2. The van der Waals surface area contributed by atoms with Gasteiger partial charge < -0.3 is 39.6 Å². The topological polar surface area (TPSA) is 178 Å². The fraction of sp³-hybridized carbons (Fsp3) is 0.359. The first-order chi connectivity index (χ1) is 49.3. The second kappa shape index (κ2) is 33.8. The summed E-state index contributed by atoms with van der Waals surface area (Å²) < 4.78 is 21.3. The van der Waals surface area contributed by atoms with Gasteiger partial charge in [-0.2, -0.15) is 5.10 Å². The Kier molecular flexibility index (Phi) is 25.1. The molecule has 0 saturated carbocycles. The van der Waals surface area contributed by atoms with E-state index in [4.69, 9.17) is 60.7 Å². The fourth-order valence-electron chi connectivity index (χ4n) is 13.7. The summed E-state index contributed by atoms with van der Waals surface area (Å²) in [5, 5.41) is 13.8. The summed E-state index contributed by atoms with van der Waals surface area (Å²) in [6.07, 6.45) is 18.0. The summed E-state index contributed by atoms with van der Waals surface area (Å²) in [6.45, 7) is 21.6. The highest BCUT2D eigenvalue weighted by atomic mass is 79.9. The van der Waals surface area contributed by atoms with Crippen LogP contribution in [0.2, 0.25) is 20.1 Å². The first-order valence-electron chi connectivity index (χ1n) is 35.1. The molecule has 0 radical (unpaired) electrons. The van der Waals surface area contributed by atoms with Crippen molar-refractivity contribution in [1.82, 2.24) is 58.5 Å². The molecule has 3 N–H and O–H groups in total. The minimum Gasteiger partial charge on any atom is -0.399 e. The van der Waals surface area contributed by atoms with Gasteiger partial charge in [0.25, 0.3) is 0 Å². The highest BCUT2D eigenvalue weighted by Gasteiger charge is 2.52. The molecule has 103 heavy (non-hydrogen) atoms. The number of halogens is 6. The molecule has 4 aliphatic heterocycles. The molecule has 0 aliphatic carbocycles. The lowest BCUT2D eigenvalue weighted by Gasteiger charge is -2.35. The third kappa shape index (κ3) is 17.9. The molecular weight excluding hydrogens is 1510 g/mol. The molecule has 10 aromatic rings. The maximum atomic E-state index is 13.5. The van der Waals surface area contributed by atoms with Crippen LogP contribution in [0.25, 0.3) is 11.3 Å².